The Balaban J connectivity index is 0.000000119. The molecule has 0 amide bonds. The van der Waals surface area contributed by atoms with E-state index in [1.165, 1.54) is 72.7 Å². The first-order chi connectivity index (χ1) is 41.7. The SMILES string of the molecule is C1CC2CC1C1CC3OC3C21.C1CC2CC1C1CC3OC3C21.C1CC2CC1C1CC3OC3C21.C1CC2CC1C1CC3OC3C21.C=C(C)C(=O)OC.C=C(C)C(=O)OC(C)OC.C=C(C)C(=O)OC(CCC)OC.C=C(C)C(=O)OC(CCCCC)OC. The van der Waals surface area contributed by atoms with Gasteiger partial charge in [0.15, 0.2) is 6.29 Å². The number of hydrogen-bond acceptors (Lipinski definition) is 15. The predicted octanol–water partition coefficient (Wildman–Crippen LogP) is 13.6. The van der Waals surface area contributed by atoms with Crippen LogP contribution in [-0.4, -0.2) is 120 Å². The molecule has 27 unspecified atom stereocenters. The lowest BCUT2D eigenvalue weighted by molar-refractivity contribution is -0.170. The molecule has 16 fully saturated rings. The Hall–Kier alpha value is -3.44. The van der Waals surface area contributed by atoms with Gasteiger partial charge in [0.05, 0.1) is 55.9 Å². The Labute approximate surface area is 522 Å². The molecule has 12 aliphatic carbocycles. The summed E-state index contributed by atoms with van der Waals surface area (Å²) in [6.07, 6.45) is 34.5. The molecule has 0 N–H and O–H groups in total. The minimum atomic E-state index is -0.496. The normalized spacial score (nSPS) is 41.0. The van der Waals surface area contributed by atoms with Crippen LogP contribution < -0.4 is 0 Å². The average molecular weight is 1220 g/mol. The van der Waals surface area contributed by atoms with Crippen molar-refractivity contribution in [3.63, 3.8) is 0 Å². The Morgan fingerprint density at radius 2 is 0.690 bits per heavy atom. The number of fused-ring (bicyclic) bond motifs is 28. The quantitative estimate of drug-likeness (QED) is 0.0355. The van der Waals surface area contributed by atoms with E-state index in [2.05, 4.69) is 42.7 Å². The van der Waals surface area contributed by atoms with Gasteiger partial charge >= 0.3 is 23.9 Å². The first-order valence-corrected chi connectivity index (χ1v) is 34.3. The van der Waals surface area contributed by atoms with E-state index in [4.69, 9.17) is 42.6 Å². The summed E-state index contributed by atoms with van der Waals surface area (Å²) in [7, 11) is 5.86. The van der Waals surface area contributed by atoms with Gasteiger partial charge in [-0.2, -0.15) is 0 Å². The summed E-state index contributed by atoms with van der Waals surface area (Å²) in [5.41, 5.74) is 1.61. The van der Waals surface area contributed by atoms with Gasteiger partial charge in [0.25, 0.3) is 0 Å². The third kappa shape index (κ3) is 16.4. The number of epoxide rings is 4. The second kappa shape index (κ2) is 30.3. The maximum Gasteiger partial charge on any atom is 0.335 e. The molecule has 4 heterocycles. The van der Waals surface area contributed by atoms with Crippen LogP contribution in [0.5, 0.6) is 0 Å². The minimum absolute atomic E-state index is 0.347. The second-order valence-corrected chi connectivity index (χ2v) is 29.0. The molecule has 27 atom stereocenters. The highest BCUT2D eigenvalue weighted by molar-refractivity contribution is 5.88. The Kier molecular flexibility index (Phi) is 23.7. The first-order valence-electron chi connectivity index (χ1n) is 34.3. The minimum Gasteiger partial charge on any atom is -0.466 e. The lowest BCUT2D eigenvalue weighted by Gasteiger charge is -2.25. The number of ether oxygens (including phenoxy) is 11. The second-order valence-electron chi connectivity index (χ2n) is 29.0. The lowest BCUT2D eigenvalue weighted by atomic mass is 9.81. The van der Waals surface area contributed by atoms with Crippen molar-refractivity contribution < 1.29 is 71.3 Å². The molecule has 0 radical (unpaired) electrons. The van der Waals surface area contributed by atoms with Gasteiger partial charge in [0, 0.05) is 56.5 Å². The van der Waals surface area contributed by atoms with E-state index in [-0.39, 0.29) is 11.9 Å². The van der Waals surface area contributed by atoms with Gasteiger partial charge in [0.1, 0.15) is 0 Å². The van der Waals surface area contributed by atoms with Gasteiger partial charge in [-0.1, -0.05) is 59.4 Å². The Morgan fingerprint density at radius 1 is 0.391 bits per heavy atom. The summed E-state index contributed by atoms with van der Waals surface area (Å²) in [5.74, 6) is 15.8. The summed E-state index contributed by atoms with van der Waals surface area (Å²) in [5, 5.41) is 0. The molecule has 4 aliphatic heterocycles. The van der Waals surface area contributed by atoms with Crippen molar-refractivity contribution in [3.05, 3.63) is 48.6 Å². The molecule has 12 saturated carbocycles. The van der Waals surface area contributed by atoms with Crippen LogP contribution in [0.2, 0.25) is 0 Å². The van der Waals surface area contributed by atoms with E-state index < -0.39 is 30.8 Å². The van der Waals surface area contributed by atoms with Gasteiger partial charge < -0.3 is 52.1 Å². The average Bonchev–Trinajstić information content (AvgIpc) is 1.60. The number of unbranched alkanes of at least 4 members (excludes halogenated alkanes) is 2. The van der Waals surface area contributed by atoms with Crippen LogP contribution in [0.1, 0.15) is 190 Å². The van der Waals surface area contributed by atoms with E-state index in [9.17, 15) is 19.2 Å². The third-order valence-electron chi connectivity index (χ3n) is 23.4. The summed E-state index contributed by atoms with van der Waals surface area (Å²) in [6.45, 7) is 25.9. The highest BCUT2D eigenvalue weighted by atomic mass is 16.7. The molecule has 4 saturated heterocycles. The molecule has 16 rings (SSSR count). The van der Waals surface area contributed by atoms with Crippen molar-refractivity contribution >= 4 is 23.9 Å². The van der Waals surface area contributed by atoms with E-state index in [1.54, 1.807) is 93.1 Å². The molecule has 15 nitrogen and oxygen atoms in total. The molecule has 15 heteroatoms. The van der Waals surface area contributed by atoms with E-state index >= 15 is 0 Å². The molecular formula is C72H112O15. The standard InChI is InChI=1S/C11H20O3.4C10H14O.C9H16O3.C7H12O3.C5H8O2/c1-5-6-7-8-10(13-4)14-11(12)9(2)3;4*1-2-6-3-5(1)7-4-8-10(11-8)9(6)7;1-5-6-8(11-4)12-9(10)7(2)3;1-5(2)7(8)10-6(3)9-4;1-4(2)5(6)7-3/h10H,2,5-8H2,1,3-4H3;4*5-10H,1-4H2;8H,2,5-6H2,1,3-4H3;6H,1H2,2-4H3;1H2,2-3H3. The van der Waals surface area contributed by atoms with Crippen LogP contribution in [0, 0.1) is 94.7 Å². The van der Waals surface area contributed by atoms with Crippen LogP contribution in [0.25, 0.3) is 0 Å². The number of carbonyl (C=O) groups is 4. The van der Waals surface area contributed by atoms with E-state index in [1.807, 2.05) is 6.92 Å². The van der Waals surface area contributed by atoms with Gasteiger partial charge in [-0.3, -0.25) is 0 Å². The van der Waals surface area contributed by atoms with Gasteiger partial charge in [-0.25, -0.2) is 19.2 Å². The monoisotopic (exact) mass is 1220 g/mol. The molecule has 16 aliphatic rings. The fraction of sp³-hybridized carbons (Fsp3) is 0.833. The van der Waals surface area contributed by atoms with Crippen LogP contribution in [-0.2, 0) is 71.3 Å². The highest BCUT2D eigenvalue weighted by Gasteiger charge is 2.67. The van der Waals surface area contributed by atoms with E-state index in [0.29, 0.717) is 22.3 Å². The van der Waals surface area contributed by atoms with Crippen molar-refractivity contribution in [3.8, 4) is 0 Å². The van der Waals surface area contributed by atoms with Crippen LogP contribution in [0.4, 0.5) is 0 Å². The van der Waals surface area contributed by atoms with Crippen molar-refractivity contribution in [2.24, 2.45) is 94.7 Å². The van der Waals surface area contributed by atoms with Gasteiger partial charge in [-0.15, -0.1) is 0 Å². The highest BCUT2D eigenvalue weighted by Crippen LogP contribution is 2.67. The van der Waals surface area contributed by atoms with Crippen LogP contribution in [0.3, 0.4) is 0 Å². The molecule has 8 bridgehead atoms. The molecule has 0 aromatic carbocycles. The van der Waals surface area contributed by atoms with Gasteiger partial charge in [-0.05, 0) is 238 Å². The summed E-state index contributed by atoms with van der Waals surface area (Å²) >= 11 is 0. The number of esters is 4. The lowest BCUT2D eigenvalue weighted by Crippen LogP contribution is -2.22. The largest absolute Gasteiger partial charge is 0.466 e. The molecule has 0 spiro atoms. The number of rotatable bonds is 16. The zero-order valence-corrected chi connectivity index (χ0v) is 55.1. The smallest absolute Gasteiger partial charge is 0.335 e. The molecule has 0 aromatic heterocycles. The summed E-state index contributed by atoms with van der Waals surface area (Å²) in [6, 6.07) is 0. The molecule has 0 aromatic rings. The van der Waals surface area contributed by atoms with Crippen molar-refractivity contribution in [2.75, 3.05) is 28.4 Å². The fourth-order valence-electron chi connectivity index (χ4n) is 19.2. The number of hydrogen-bond donors (Lipinski definition) is 0. The summed E-state index contributed by atoms with van der Waals surface area (Å²) in [4.78, 5) is 43.0. The number of carbonyl (C=O) groups excluding carboxylic acids is 4. The third-order valence-corrected chi connectivity index (χ3v) is 23.4. The topological polar surface area (TPSA) is 183 Å². The predicted molar refractivity (Wildman–Crippen MR) is 331 cm³/mol. The zero-order chi connectivity index (χ0) is 62.5. The number of methoxy groups -OCH3 is 4. The van der Waals surface area contributed by atoms with Crippen molar-refractivity contribution in [2.45, 2.75) is 257 Å². The molecule has 490 valence electrons. The summed E-state index contributed by atoms with van der Waals surface area (Å²) < 4.78 is 56.1. The zero-order valence-electron chi connectivity index (χ0n) is 55.1. The van der Waals surface area contributed by atoms with Crippen molar-refractivity contribution in [1.29, 1.82) is 0 Å². The van der Waals surface area contributed by atoms with Crippen LogP contribution in [0.15, 0.2) is 48.6 Å². The Morgan fingerprint density at radius 3 is 0.931 bits per heavy atom. The fourth-order valence-corrected chi connectivity index (χ4v) is 19.2. The Bertz CT molecular complexity index is 2220. The first kappa shape index (κ1) is 67.9. The van der Waals surface area contributed by atoms with Crippen LogP contribution >= 0.6 is 0 Å². The molecular weight excluding hydrogens is 1100 g/mol. The van der Waals surface area contributed by atoms with Gasteiger partial charge in [0.2, 0.25) is 12.6 Å². The maximum absolute atomic E-state index is 11.1. The maximum atomic E-state index is 11.1. The van der Waals surface area contributed by atoms with E-state index in [0.717, 1.165) is 182 Å². The molecule has 87 heavy (non-hydrogen) atoms. The van der Waals surface area contributed by atoms with Crippen molar-refractivity contribution in [1.82, 2.24) is 0 Å².